The van der Waals surface area contributed by atoms with Gasteiger partial charge in [-0.15, -0.1) is 0 Å². The Balaban J connectivity index is 1.76. The van der Waals surface area contributed by atoms with Crippen molar-refractivity contribution < 1.29 is 22.3 Å². The Labute approximate surface area is 222 Å². The standard InChI is InChI=1S/C24H20Cl2FN3O4S2/c1-33-17-9-8-15(21(10-17)34-2)14-30(24-28-13-23(26)35-24)36(31,32)22-11-18(25)20(12-19(22)27)29-16-6-4-3-5-7-16/h3-13,29H,14H2,1-2H3. The van der Waals surface area contributed by atoms with Crippen LogP contribution in [0.5, 0.6) is 11.5 Å². The number of hydrogen-bond acceptors (Lipinski definition) is 7. The third-order valence-electron chi connectivity index (χ3n) is 5.13. The zero-order valence-corrected chi connectivity index (χ0v) is 22.2. The van der Waals surface area contributed by atoms with E-state index in [1.165, 1.54) is 20.4 Å². The molecule has 1 N–H and O–H groups in total. The van der Waals surface area contributed by atoms with E-state index in [4.69, 9.17) is 32.7 Å². The molecule has 0 unspecified atom stereocenters. The molecule has 12 heteroatoms. The van der Waals surface area contributed by atoms with E-state index in [1.807, 2.05) is 6.07 Å². The zero-order valence-electron chi connectivity index (χ0n) is 19.0. The van der Waals surface area contributed by atoms with Gasteiger partial charge in [-0.1, -0.05) is 52.7 Å². The van der Waals surface area contributed by atoms with E-state index in [0.29, 0.717) is 22.7 Å². The molecule has 0 saturated heterocycles. The van der Waals surface area contributed by atoms with Crippen molar-refractivity contribution in [2.45, 2.75) is 11.4 Å². The van der Waals surface area contributed by atoms with Crippen molar-refractivity contribution in [1.82, 2.24) is 4.98 Å². The fraction of sp³-hybridized carbons (Fsp3) is 0.125. The summed E-state index contributed by atoms with van der Waals surface area (Å²) in [6.07, 6.45) is 1.32. The molecule has 0 atom stereocenters. The number of para-hydroxylation sites is 1. The number of methoxy groups -OCH3 is 2. The van der Waals surface area contributed by atoms with Crippen LogP contribution in [-0.4, -0.2) is 27.6 Å². The smallest absolute Gasteiger partial charge is 0.269 e. The highest BCUT2D eigenvalue weighted by atomic mass is 35.5. The van der Waals surface area contributed by atoms with Crippen LogP contribution < -0.4 is 19.1 Å². The summed E-state index contributed by atoms with van der Waals surface area (Å²) in [4.78, 5) is 3.51. The fourth-order valence-electron chi connectivity index (χ4n) is 3.37. The molecule has 0 aliphatic heterocycles. The van der Waals surface area contributed by atoms with Crippen molar-refractivity contribution in [2.24, 2.45) is 0 Å². The van der Waals surface area contributed by atoms with E-state index in [1.54, 1.807) is 42.5 Å². The average Bonchev–Trinajstić information content (AvgIpc) is 3.30. The normalized spacial score (nSPS) is 11.2. The van der Waals surface area contributed by atoms with Crippen LogP contribution in [-0.2, 0) is 16.6 Å². The van der Waals surface area contributed by atoms with Crippen molar-refractivity contribution >= 4 is 61.1 Å². The van der Waals surface area contributed by atoms with Crippen LogP contribution in [0.25, 0.3) is 0 Å². The fourth-order valence-corrected chi connectivity index (χ4v) is 6.23. The molecular formula is C24H20Cl2FN3O4S2. The van der Waals surface area contributed by atoms with Gasteiger partial charge in [-0.25, -0.2) is 22.1 Å². The first-order valence-electron chi connectivity index (χ1n) is 10.4. The topological polar surface area (TPSA) is 80.8 Å². The lowest BCUT2D eigenvalue weighted by Crippen LogP contribution is -2.31. The zero-order chi connectivity index (χ0) is 25.9. The van der Waals surface area contributed by atoms with Gasteiger partial charge in [0.25, 0.3) is 10.0 Å². The monoisotopic (exact) mass is 567 g/mol. The first kappa shape index (κ1) is 26.0. The minimum absolute atomic E-state index is 0.0259. The molecule has 36 heavy (non-hydrogen) atoms. The molecule has 1 heterocycles. The Hall–Kier alpha value is -3.05. The predicted octanol–water partition coefficient (Wildman–Crippen LogP) is 6.75. The van der Waals surface area contributed by atoms with E-state index in [9.17, 15) is 8.42 Å². The van der Waals surface area contributed by atoms with Crippen LogP contribution in [0.4, 0.5) is 20.9 Å². The molecule has 1 aromatic heterocycles. The molecule has 0 amide bonds. The van der Waals surface area contributed by atoms with Gasteiger partial charge in [0.1, 0.15) is 26.5 Å². The first-order chi connectivity index (χ1) is 17.2. The maximum Gasteiger partial charge on any atom is 0.269 e. The number of nitrogens with one attached hydrogen (secondary N) is 1. The Morgan fingerprint density at radius 3 is 2.44 bits per heavy atom. The molecule has 4 rings (SSSR count). The number of anilines is 3. The summed E-state index contributed by atoms with van der Waals surface area (Å²) in [5.41, 5.74) is 1.39. The number of sulfonamides is 1. The van der Waals surface area contributed by atoms with Gasteiger partial charge >= 0.3 is 0 Å². The van der Waals surface area contributed by atoms with Gasteiger partial charge in [-0.05, 0) is 30.3 Å². The predicted molar refractivity (Wildman–Crippen MR) is 141 cm³/mol. The number of thiazole rings is 1. The largest absolute Gasteiger partial charge is 0.497 e. The number of aromatic nitrogens is 1. The van der Waals surface area contributed by atoms with Gasteiger partial charge in [0.2, 0.25) is 5.13 Å². The van der Waals surface area contributed by atoms with E-state index < -0.39 is 20.7 Å². The molecule has 3 aromatic carbocycles. The molecule has 0 aliphatic carbocycles. The molecule has 0 fully saturated rings. The van der Waals surface area contributed by atoms with Crippen LogP contribution in [0.3, 0.4) is 0 Å². The Morgan fingerprint density at radius 1 is 1.06 bits per heavy atom. The molecule has 4 aromatic rings. The van der Waals surface area contributed by atoms with Crippen LogP contribution in [0.15, 0.2) is 71.8 Å². The van der Waals surface area contributed by atoms with Gasteiger partial charge in [0.05, 0.1) is 37.7 Å². The maximum atomic E-state index is 15.3. The summed E-state index contributed by atoms with van der Waals surface area (Å²) in [6, 6.07) is 16.0. The van der Waals surface area contributed by atoms with Gasteiger partial charge in [0.15, 0.2) is 0 Å². The van der Waals surface area contributed by atoms with Gasteiger partial charge in [0, 0.05) is 23.4 Å². The average molecular weight is 568 g/mol. The van der Waals surface area contributed by atoms with Gasteiger partial charge in [-0.2, -0.15) is 0 Å². The molecule has 0 radical (unpaired) electrons. The molecule has 0 saturated carbocycles. The highest BCUT2D eigenvalue weighted by molar-refractivity contribution is 7.93. The SMILES string of the molecule is COc1ccc(CN(c2ncc(Cl)s2)S(=O)(=O)c2cc(Cl)c(Nc3ccccc3)cc2F)c(OC)c1. The number of benzene rings is 3. The van der Waals surface area contributed by atoms with Crippen LogP contribution in [0.2, 0.25) is 9.36 Å². The second kappa shape index (κ2) is 10.9. The second-order valence-corrected chi connectivity index (χ2v) is 11.3. The van der Waals surface area contributed by atoms with Crippen LogP contribution in [0.1, 0.15) is 5.56 Å². The third-order valence-corrected chi connectivity index (χ3v) is 8.45. The second-order valence-electron chi connectivity index (χ2n) is 7.39. The molecule has 0 bridgehead atoms. The molecule has 0 aliphatic rings. The lowest BCUT2D eigenvalue weighted by atomic mass is 10.2. The van der Waals surface area contributed by atoms with Crippen molar-refractivity contribution in [3.05, 3.63) is 87.6 Å². The first-order valence-corrected chi connectivity index (χ1v) is 13.4. The van der Waals surface area contributed by atoms with E-state index in [0.717, 1.165) is 27.8 Å². The molecular weight excluding hydrogens is 548 g/mol. The van der Waals surface area contributed by atoms with Crippen molar-refractivity contribution in [3.8, 4) is 11.5 Å². The number of ether oxygens (including phenoxy) is 2. The Bertz CT molecular complexity index is 1480. The summed E-state index contributed by atoms with van der Waals surface area (Å²) in [5.74, 6) is -0.0630. The summed E-state index contributed by atoms with van der Waals surface area (Å²) in [7, 11) is -1.51. The Morgan fingerprint density at radius 2 is 1.81 bits per heavy atom. The maximum absolute atomic E-state index is 15.3. The summed E-state index contributed by atoms with van der Waals surface area (Å²) in [5, 5.41) is 3.07. The van der Waals surface area contributed by atoms with Crippen LogP contribution >= 0.6 is 34.5 Å². The minimum Gasteiger partial charge on any atom is -0.497 e. The molecule has 188 valence electrons. The molecule has 0 spiro atoms. The van der Waals surface area contributed by atoms with E-state index >= 15 is 4.39 Å². The summed E-state index contributed by atoms with van der Waals surface area (Å²) in [6.45, 7) is -0.208. The van der Waals surface area contributed by atoms with Crippen molar-refractivity contribution in [3.63, 3.8) is 0 Å². The van der Waals surface area contributed by atoms with Crippen LogP contribution in [0, 0.1) is 5.82 Å². The van der Waals surface area contributed by atoms with Crippen molar-refractivity contribution in [2.75, 3.05) is 23.8 Å². The number of halogens is 3. The van der Waals surface area contributed by atoms with E-state index in [-0.39, 0.29) is 26.7 Å². The highest BCUT2D eigenvalue weighted by Crippen LogP contribution is 2.37. The number of nitrogens with zero attached hydrogens (tertiary/aromatic N) is 2. The van der Waals surface area contributed by atoms with E-state index in [2.05, 4.69) is 10.3 Å². The lowest BCUT2D eigenvalue weighted by Gasteiger charge is -2.23. The summed E-state index contributed by atoms with van der Waals surface area (Å²) >= 11 is 13.4. The van der Waals surface area contributed by atoms with Crippen molar-refractivity contribution in [1.29, 1.82) is 0 Å². The third kappa shape index (κ3) is 5.52. The summed E-state index contributed by atoms with van der Waals surface area (Å²) < 4.78 is 54.7. The minimum atomic E-state index is -4.47. The Kier molecular flexibility index (Phi) is 7.89. The molecule has 7 nitrogen and oxygen atoms in total. The highest BCUT2D eigenvalue weighted by Gasteiger charge is 2.32. The lowest BCUT2D eigenvalue weighted by molar-refractivity contribution is 0.391. The quantitative estimate of drug-likeness (QED) is 0.241. The number of rotatable bonds is 9. The van der Waals surface area contributed by atoms with Gasteiger partial charge < -0.3 is 14.8 Å². The number of hydrogen-bond donors (Lipinski definition) is 1. The van der Waals surface area contributed by atoms with Gasteiger partial charge in [-0.3, -0.25) is 0 Å².